The minimum atomic E-state index is -0.119. The van der Waals surface area contributed by atoms with Gasteiger partial charge in [0.15, 0.2) is 11.5 Å². The molecule has 1 saturated carbocycles. The van der Waals surface area contributed by atoms with E-state index in [1.807, 2.05) is 0 Å². The van der Waals surface area contributed by atoms with Crippen LogP contribution in [0.2, 0.25) is 0 Å². The lowest BCUT2D eigenvalue weighted by Crippen LogP contribution is -2.38. The first-order chi connectivity index (χ1) is 10.8. The van der Waals surface area contributed by atoms with E-state index in [1.54, 1.807) is 6.07 Å². The molecule has 4 nitrogen and oxygen atoms in total. The SMILES string of the molecule is C[C@H]1CCCC(C)(C)C1CC(=O)NCCc1ccc(O)c(O)c1. The van der Waals surface area contributed by atoms with Crippen LogP contribution in [0.4, 0.5) is 0 Å². The summed E-state index contributed by atoms with van der Waals surface area (Å²) in [7, 11) is 0. The number of carbonyl (C=O) groups excluding carboxylic acids is 1. The van der Waals surface area contributed by atoms with Gasteiger partial charge in [-0.25, -0.2) is 0 Å². The molecule has 1 aliphatic rings. The van der Waals surface area contributed by atoms with Gasteiger partial charge in [-0.05, 0) is 47.8 Å². The van der Waals surface area contributed by atoms with Crippen LogP contribution >= 0.6 is 0 Å². The molecule has 23 heavy (non-hydrogen) atoms. The molecule has 3 N–H and O–H groups in total. The van der Waals surface area contributed by atoms with Crippen molar-refractivity contribution in [1.82, 2.24) is 5.32 Å². The van der Waals surface area contributed by atoms with Crippen molar-refractivity contribution in [3.63, 3.8) is 0 Å². The zero-order valence-electron chi connectivity index (χ0n) is 14.4. The third-order valence-electron chi connectivity index (χ3n) is 5.35. The molecule has 0 spiro atoms. The van der Waals surface area contributed by atoms with Gasteiger partial charge in [-0.2, -0.15) is 0 Å². The molecule has 0 saturated heterocycles. The maximum atomic E-state index is 12.3. The molecular weight excluding hydrogens is 290 g/mol. The molecule has 2 atom stereocenters. The lowest BCUT2D eigenvalue weighted by molar-refractivity contribution is -0.124. The van der Waals surface area contributed by atoms with Gasteiger partial charge in [0, 0.05) is 13.0 Å². The minimum absolute atomic E-state index is 0.111. The van der Waals surface area contributed by atoms with Crippen LogP contribution in [0.25, 0.3) is 0 Å². The van der Waals surface area contributed by atoms with Crippen LogP contribution in [-0.2, 0) is 11.2 Å². The van der Waals surface area contributed by atoms with Gasteiger partial charge in [0.1, 0.15) is 0 Å². The van der Waals surface area contributed by atoms with Crippen LogP contribution in [-0.4, -0.2) is 22.7 Å². The first-order valence-electron chi connectivity index (χ1n) is 8.57. The van der Waals surface area contributed by atoms with Crippen LogP contribution in [0.15, 0.2) is 18.2 Å². The highest BCUT2D eigenvalue weighted by atomic mass is 16.3. The van der Waals surface area contributed by atoms with Gasteiger partial charge in [0.2, 0.25) is 5.91 Å². The van der Waals surface area contributed by atoms with E-state index in [0.29, 0.717) is 31.2 Å². The molecule has 4 heteroatoms. The summed E-state index contributed by atoms with van der Waals surface area (Å²) in [4.78, 5) is 12.3. The number of hydrogen-bond donors (Lipinski definition) is 3. The lowest BCUT2D eigenvalue weighted by Gasteiger charge is -2.42. The zero-order valence-corrected chi connectivity index (χ0v) is 14.4. The molecule has 0 heterocycles. The number of phenols is 2. The fraction of sp³-hybridized carbons (Fsp3) is 0.632. The standard InChI is InChI=1S/C19H29NO3/c1-13-5-4-9-19(2,3)15(13)12-18(23)20-10-8-14-6-7-16(21)17(22)11-14/h6-7,11,13,15,21-22H,4-5,8-10,12H2,1-3H3,(H,20,23)/t13-,15?/m0/s1. The Bertz CT molecular complexity index is 554. The molecule has 1 aromatic rings. The Labute approximate surface area is 138 Å². The minimum Gasteiger partial charge on any atom is -0.504 e. The van der Waals surface area contributed by atoms with E-state index in [0.717, 1.165) is 5.56 Å². The average molecular weight is 319 g/mol. The van der Waals surface area contributed by atoms with E-state index >= 15 is 0 Å². The Hall–Kier alpha value is -1.71. The van der Waals surface area contributed by atoms with Crippen molar-refractivity contribution >= 4 is 5.91 Å². The molecule has 1 aromatic carbocycles. The van der Waals surface area contributed by atoms with Crippen molar-refractivity contribution in [2.45, 2.75) is 52.9 Å². The normalized spacial score (nSPS) is 23.4. The summed E-state index contributed by atoms with van der Waals surface area (Å²) in [5.74, 6) is 0.908. The van der Waals surface area contributed by atoms with Gasteiger partial charge in [0.05, 0.1) is 0 Å². The summed E-state index contributed by atoms with van der Waals surface area (Å²) in [6.45, 7) is 7.36. The number of phenolic OH excluding ortho intramolecular Hbond substituents is 2. The van der Waals surface area contributed by atoms with E-state index in [-0.39, 0.29) is 22.8 Å². The van der Waals surface area contributed by atoms with Gasteiger partial charge in [-0.3, -0.25) is 4.79 Å². The van der Waals surface area contributed by atoms with E-state index in [2.05, 4.69) is 26.1 Å². The van der Waals surface area contributed by atoms with Crippen molar-refractivity contribution in [3.05, 3.63) is 23.8 Å². The Morgan fingerprint density at radius 3 is 2.70 bits per heavy atom. The van der Waals surface area contributed by atoms with Crippen molar-refractivity contribution < 1.29 is 15.0 Å². The highest BCUT2D eigenvalue weighted by molar-refractivity contribution is 5.76. The topological polar surface area (TPSA) is 69.6 Å². The maximum absolute atomic E-state index is 12.3. The number of carbonyl (C=O) groups is 1. The largest absolute Gasteiger partial charge is 0.504 e. The first kappa shape index (κ1) is 17.6. The summed E-state index contributed by atoms with van der Waals surface area (Å²) in [6, 6.07) is 4.76. The Kier molecular flexibility index (Phi) is 5.55. The molecule has 0 aliphatic heterocycles. The number of hydrogen-bond acceptors (Lipinski definition) is 3. The Morgan fingerprint density at radius 1 is 1.30 bits per heavy atom. The highest BCUT2D eigenvalue weighted by Crippen LogP contribution is 2.45. The number of benzene rings is 1. The monoisotopic (exact) mass is 319 g/mol. The summed E-state index contributed by atoms with van der Waals surface area (Å²) in [6.07, 6.45) is 4.91. The van der Waals surface area contributed by atoms with Crippen LogP contribution in [0, 0.1) is 17.3 Å². The summed E-state index contributed by atoms with van der Waals surface area (Å²) >= 11 is 0. The predicted molar refractivity (Wildman–Crippen MR) is 91.4 cm³/mol. The van der Waals surface area contributed by atoms with Gasteiger partial charge < -0.3 is 15.5 Å². The molecule has 1 aliphatic carbocycles. The van der Waals surface area contributed by atoms with Crippen molar-refractivity contribution in [3.8, 4) is 11.5 Å². The molecular formula is C19H29NO3. The molecule has 1 unspecified atom stereocenters. The third kappa shape index (κ3) is 4.63. The van der Waals surface area contributed by atoms with Crippen molar-refractivity contribution in [2.24, 2.45) is 17.3 Å². The summed E-state index contributed by atoms with van der Waals surface area (Å²) in [5, 5.41) is 21.8. The summed E-state index contributed by atoms with van der Waals surface area (Å²) < 4.78 is 0. The van der Waals surface area contributed by atoms with Crippen LogP contribution in [0.1, 0.15) is 52.0 Å². The second-order valence-corrected chi connectivity index (χ2v) is 7.59. The molecule has 0 bridgehead atoms. The fourth-order valence-electron chi connectivity index (χ4n) is 3.86. The van der Waals surface area contributed by atoms with Crippen LogP contribution < -0.4 is 5.32 Å². The lowest BCUT2D eigenvalue weighted by atomic mass is 9.63. The predicted octanol–water partition coefficient (Wildman–Crippen LogP) is 3.61. The number of nitrogens with one attached hydrogen (secondary N) is 1. The summed E-state index contributed by atoms with van der Waals surface area (Å²) in [5.41, 5.74) is 1.13. The van der Waals surface area contributed by atoms with Crippen molar-refractivity contribution in [1.29, 1.82) is 0 Å². The smallest absolute Gasteiger partial charge is 0.220 e. The molecule has 0 radical (unpaired) electrons. The third-order valence-corrected chi connectivity index (χ3v) is 5.35. The molecule has 0 aromatic heterocycles. The fourth-order valence-corrected chi connectivity index (χ4v) is 3.86. The van der Waals surface area contributed by atoms with Gasteiger partial charge >= 0.3 is 0 Å². The van der Waals surface area contributed by atoms with Crippen LogP contribution in [0.3, 0.4) is 0 Å². The molecule has 1 amide bonds. The van der Waals surface area contributed by atoms with Gasteiger partial charge in [-0.1, -0.05) is 39.7 Å². The van der Waals surface area contributed by atoms with E-state index in [1.165, 1.54) is 31.4 Å². The van der Waals surface area contributed by atoms with Gasteiger partial charge in [-0.15, -0.1) is 0 Å². The van der Waals surface area contributed by atoms with Gasteiger partial charge in [0.25, 0.3) is 0 Å². The van der Waals surface area contributed by atoms with E-state index in [9.17, 15) is 15.0 Å². The zero-order chi connectivity index (χ0) is 17.0. The van der Waals surface area contributed by atoms with E-state index in [4.69, 9.17) is 0 Å². The van der Waals surface area contributed by atoms with Crippen LogP contribution in [0.5, 0.6) is 11.5 Å². The Balaban J connectivity index is 1.81. The molecule has 1 fully saturated rings. The second-order valence-electron chi connectivity index (χ2n) is 7.59. The first-order valence-corrected chi connectivity index (χ1v) is 8.57. The highest BCUT2D eigenvalue weighted by Gasteiger charge is 2.37. The number of aromatic hydroxyl groups is 2. The molecule has 128 valence electrons. The maximum Gasteiger partial charge on any atom is 0.220 e. The van der Waals surface area contributed by atoms with E-state index < -0.39 is 0 Å². The number of rotatable bonds is 5. The number of amides is 1. The average Bonchev–Trinajstić information content (AvgIpc) is 2.47. The quantitative estimate of drug-likeness (QED) is 0.726. The molecule has 2 rings (SSSR count). The Morgan fingerprint density at radius 2 is 2.04 bits per heavy atom. The van der Waals surface area contributed by atoms with Crippen molar-refractivity contribution in [2.75, 3.05) is 6.54 Å². The second kappa shape index (κ2) is 7.24.